The summed E-state index contributed by atoms with van der Waals surface area (Å²) in [4.78, 5) is 12.7. The molecule has 140 valence electrons. The number of aryl methyl sites for hydroxylation is 1. The average Bonchev–Trinajstić information content (AvgIpc) is 3.11. The molecule has 1 amide bonds. The fraction of sp³-hybridized carbons (Fsp3) is 0.444. The number of carbonyl (C=O) groups excluding carboxylic acids is 1. The number of para-hydroxylation sites is 1. The van der Waals surface area contributed by atoms with Crippen LogP contribution in [0.2, 0.25) is 0 Å². The van der Waals surface area contributed by atoms with Crippen LogP contribution in [0.5, 0.6) is 5.75 Å². The Hall–Kier alpha value is -2.35. The zero-order chi connectivity index (χ0) is 18.9. The zero-order valence-corrected chi connectivity index (χ0v) is 16.0. The van der Waals surface area contributed by atoms with E-state index in [1.165, 1.54) is 0 Å². The molecular formula is C18H23N3O4S. The van der Waals surface area contributed by atoms with E-state index < -0.39 is 9.84 Å². The van der Waals surface area contributed by atoms with E-state index in [1.54, 1.807) is 18.7 Å². The molecule has 1 aromatic heterocycles. The van der Waals surface area contributed by atoms with Gasteiger partial charge in [-0.05, 0) is 26.3 Å². The number of hydrogen-bond acceptors (Lipinski definition) is 5. The van der Waals surface area contributed by atoms with Crippen LogP contribution < -0.4 is 10.1 Å². The Morgan fingerprint density at radius 1 is 1.35 bits per heavy atom. The average molecular weight is 377 g/mol. The van der Waals surface area contributed by atoms with E-state index >= 15 is 0 Å². The summed E-state index contributed by atoms with van der Waals surface area (Å²) < 4.78 is 30.5. The first-order valence-electron chi connectivity index (χ1n) is 8.48. The van der Waals surface area contributed by atoms with Crippen molar-refractivity contribution in [2.24, 2.45) is 0 Å². The molecular weight excluding hydrogens is 354 g/mol. The molecule has 1 aliphatic rings. The predicted octanol–water partition coefficient (Wildman–Crippen LogP) is 1.80. The summed E-state index contributed by atoms with van der Waals surface area (Å²) in [5, 5.41) is 7.34. The molecule has 0 aliphatic carbocycles. The normalized spacial score (nSPS) is 18.7. The van der Waals surface area contributed by atoms with Crippen LogP contribution in [-0.4, -0.2) is 42.7 Å². The summed E-state index contributed by atoms with van der Waals surface area (Å²) >= 11 is 0. The second-order valence-electron chi connectivity index (χ2n) is 6.54. The lowest BCUT2D eigenvalue weighted by atomic mass is 10.1. The van der Waals surface area contributed by atoms with Crippen molar-refractivity contribution in [2.75, 3.05) is 18.6 Å². The SMILES string of the molecule is COc1ccccc1CNC(=O)c1c(C)nn([C@@H]2CCS(=O)(=O)C2)c1C. The molecule has 26 heavy (non-hydrogen) atoms. The van der Waals surface area contributed by atoms with E-state index in [9.17, 15) is 13.2 Å². The van der Waals surface area contributed by atoms with Gasteiger partial charge in [0.05, 0.1) is 35.9 Å². The zero-order valence-electron chi connectivity index (χ0n) is 15.2. The van der Waals surface area contributed by atoms with Gasteiger partial charge in [0.1, 0.15) is 5.75 Å². The number of carbonyl (C=O) groups is 1. The van der Waals surface area contributed by atoms with Gasteiger partial charge < -0.3 is 10.1 Å². The topological polar surface area (TPSA) is 90.3 Å². The van der Waals surface area contributed by atoms with Crippen LogP contribution in [0, 0.1) is 13.8 Å². The summed E-state index contributed by atoms with van der Waals surface area (Å²) in [6.07, 6.45) is 0.534. The Bertz CT molecular complexity index is 934. The molecule has 1 atom stereocenters. The summed E-state index contributed by atoms with van der Waals surface area (Å²) in [5.41, 5.74) is 2.68. The van der Waals surface area contributed by atoms with Crippen LogP contribution in [0.15, 0.2) is 24.3 Å². The second kappa shape index (κ2) is 7.11. The highest BCUT2D eigenvalue weighted by Gasteiger charge is 2.32. The molecule has 1 saturated heterocycles. The molecule has 0 saturated carbocycles. The molecule has 0 bridgehead atoms. The number of ether oxygens (including phenoxy) is 1. The fourth-order valence-electron chi connectivity index (χ4n) is 3.43. The molecule has 0 radical (unpaired) electrons. The lowest BCUT2D eigenvalue weighted by Crippen LogP contribution is -2.24. The van der Waals surface area contributed by atoms with Gasteiger partial charge in [-0.1, -0.05) is 18.2 Å². The largest absolute Gasteiger partial charge is 0.496 e. The van der Waals surface area contributed by atoms with Gasteiger partial charge in [0.15, 0.2) is 9.84 Å². The molecule has 2 heterocycles. The van der Waals surface area contributed by atoms with Gasteiger partial charge in [0.25, 0.3) is 5.91 Å². The molecule has 2 aromatic rings. The maximum atomic E-state index is 12.7. The Balaban J connectivity index is 1.78. The molecule has 1 aliphatic heterocycles. The van der Waals surface area contributed by atoms with Crippen molar-refractivity contribution in [1.82, 2.24) is 15.1 Å². The Morgan fingerprint density at radius 3 is 2.73 bits per heavy atom. The van der Waals surface area contributed by atoms with Gasteiger partial charge in [-0.3, -0.25) is 9.48 Å². The highest BCUT2D eigenvalue weighted by Crippen LogP contribution is 2.27. The van der Waals surface area contributed by atoms with Gasteiger partial charge in [-0.15, -0.1) is 0 Å². The van der Waals surface area contributed by atoms with Gasteiger partial charge in [-0.25, -0.2) is 8.42 Å². The number of rotatable bonds is 5. The number of benzene rings is 1. The maximum Gasteiger partial charge on any atom is 0.255 e. The van der Waals surface area contributed by atoms with Gasteiger partial charge >= 0.3 is 0 Å². The first-order chi connectivity index (χ1) is 12.3. The van der Waals surface area contributed by atoms with E-state index in [1.807, 2.05) is 31.2 Å². The third kappa shape index (κ3) is 3.60. The predicted molar refractivity (Wildman–Crippen MR) is 98.2 cm³/mol. The molecule has 8 heteroatoms. The number of sulfone groups is 1. The number of aromatic nitrogens is 2. The third-order valence-electron chi connectivity index (χ3n) is 4.74. The van der Waals surface area contributed by atoms with Crippen molar-refractivity contribution in [3.8, 4) is 5.75 Å². The van der Waals surface area contributed by atoms with Crippen molar-refractivity contribution in [2.45, 2.75) is 32.9 Å². The quantitative estimate of drug-likeness (QED) is 0.858. The van der Waals surface area contributed by atoms with Crippen LogP contribution >= 0.6 is 0 Å². The minimum atomic E-state index is -3.01. The van der Waals surface area contributed by atoms with Crippen molar-refractivity contribution >= 4 is 15.7 Å². The van der Waals surface area contributed by atoms with Crippen LogP contribution in [0.3, 0.4) is 0 Å². The standard InChI is InChI=1S/C18H23N3O4S/c1-12-17(13(2)21(20-12)15-8-9-26(23,24)11-15)18(22)19-10-14-6-4-5-7-16(14)25-3/h4-7,15H,8-11H2,1-3H3,(H,19,22)/t15-/m1/s1. The molecule has 3 rings (SSSR count). The first kappa shape index (κ1) is 18.4. The molecule has 1 aromatic carbocycles. The lowest BCUT2D eigenvalue weighted by molar-refractivity contribution is 0.0949. The number of hydrogen-bond donors (Lipinski definition) is 1. The van der Waals surface area contributed by atoms with Crippen molar-refractivity contribution in [3.05, 3.63) is 46.8 Å². The summed E-state index contributed by atoms with van der Waals surface area (Å²) in [5.74, 6) is 0.744. The highest BCUT2D eigenvalue weighted by atomic mass is 32.2. The Labute approximate surface area is 153 Å². The third-order valence-corrected chi connectivity index (χ3v) is 6.49. The molecule has 1 fully saturated rings. The van der Waals surface area contributed by atoms with Gasteiger partial charge in [0.2, 0.25) is 0 Å². The Kier molecular flexibility index (Phi) is 5.04. The summed E-state index contributed by atoms with van der Waals surface area (Å²) in [7, 11) is -1.42. The highest BCUT2D eigenvalue weighted by molar-refractivity contribution is 7.91. The number of nitrogens with one attached hydrogen (secondary N) is 1. The van der Waals surface area contributed by atoms with Gasteiger partial charge in [-0.2, -0.15) is 5.10 Å². The van der Waals surface area contributed by atoms with Crippen LogP contribution in [0.1, 0.15) is 39.8 Å². The van der Waals surface area contributed by atoms with Gasteiger partial charge in [0, 0.05) is 17.8 Å². The monoisotopic (exact) mass is 377 g/mol. The number of amides is 1. The van der Waals surface area contributed by atoms with E-state index in [4.69, 9.17) is 4.74 Å². The summed E-state index contributed by atoms with van der Waals surface area (Å²) in [6.45, 7) is 3.92. The molecule has 0 unspecified atom stereocenters. The van der Waals surface area contributed by atoms with Crippen molar-refractivity contribution in [1.29, 1.82) is 0 Å². The van der Waals surface area contributed by atoms with E-state index in [0.717, 1.165) is 5.56 Å². The molecule has 1 N–H and O–H groups in total. The van der Waals surface area contributed by atoms with Crippen LogP contribution in [0.25, 0.3) is 0 Å². The summed E-state index contributed by atoms with van der Waals surface area (Å²) in [6, 6.07) is 7.30. The van der Waals surface area contributed by atoms with Crippen molar-refractivity contribution in [3.63, 3.8) is 0 Å². The number of nitrogens with zero attached hydrogens (tertiary/aromatic N) is 2. The first-order valence-corrected chi connectivity index (χ1v) is 10.3. The maximum absolute atomic E-state index is 12.7. The fourth-order valence-corrected chi connectivity index (χ4v) is 5.12. The van der Waals surface area contributed by atoms with E-state index in [0.29, 0.717) is 35.7 Å². The number of methoxy groups -OCH3 is 1. The Morgan fingerprint density at radius 2 is 2.08 bits per heavy atom. The minimum absolute atomic E-state index is 0.0806. The van der Waals surface area contributed by atoms with E-state index in [-0.39, 0.29) is 23.5 Å². The second-order valence-corrected chi connectivity index (χ2v) is 8.77. The van der Waals surface area contributed by atoms with Crippen LogP contribution in [0.4, 0.5) is 0 Å². The van der Waals surface area contributed by atoms with Crippen molar-refractivity contribution < 1.29 is 17.9 Å². The molecule has 0 spiro atoms. The minimum Gasteiger partial charge on any atom is -0.496 e. The molecule has 7 nitrogen and oxygen atoms in total. The lowest BCUT2D eigenvalue weighted by Gasteiger charge is -2.12. The van der Waals surface area contributed by atoms with Crippen LogP contribution in [-0.2, 0) is 16.4 Å². The van der Waals surface area contributed by atoms with E-state index in [2.05, 4.69) is 10.4 Å². The smallest absolute Gasteiger partial charge is 0.255 e.